The molecule has 28 heavy (non-hydrogen) atoms. The minimum absolute atomic E-state index is 0.0342. The Morgan fingerprint density at radius 3 is 2.64 bits per heavy atom. The molecule has 4 rings (SSSR count). The molecule has 2 heterocycles. The van der Waals surface area contributed by atoms with E-state index in [9.17, 15) is 10.2 Å². The maximum Gasteiger partial charge on any atom is 0.134 e. The lowest BCUT2D eigenvalue weighted by Gasteiger charge is -2.43. The second-order valence-electron chi connectivity index (χ2n) is 8.12. The molecule has 2 N–H and O–H groups in total. The lowest BCUT2D eigenvalue weighted by molar-refractivity contribution is 0.105. The van der Waals surface area contributed by atoms with Gasteiger partial charge >= 0.3 is 0 Å². The summed E-state index contributed by atoms with van der Waals surface area (Å²) in [6.45, 7) is 3.83. The van der Waals surface area contributed by atoms with Crippen molar-refractivity contribution < 1.29 is 10.2 Å². The van der Waals surface area contributed by atoms with Gasteiger partial charge in [-0.05, 0) is 43.4 Å². The number of nitrogens with zero attached hydrogens (tertiary/aromatic N) is 2. The number of aromatic nitrogens is 1. The Balaban J connectivity index is 1.69. The van der Waals surface area contributed by atoms with Gasteiger partial charge in [0.15, 0.2) is 0 Å². The second-order valence-corrected chi connectivity index (χ2v) is 8.12. The van der Waals surface area contributed by atoms with Crippen LogP contribution in [0.1, 0.15) is 29.5 Å². The number of aliphatic hydroxyl groups excluding tert-OH is 2. The Hall–Kier alpha value is -2.43. The van der Waals surface area contributed by atoms with Gasteiger partial charge in [0.1, 0.15) is 5.82 Å². The van der Waals surface area contributed by atoms with Gasteiger partial charge in [-0.15, -0.1) is 0 Å². The van der Waals surface area contributed by atoms with E-state index in [-0.39, 0.29) is 18.6 Å². The molecule has 0 bridgehead atoms. The third-order valence-electron chi connectivity index (χ3n) is 5.99. The number of benzene rings is 2. The van der Waals surface area contributed by atoms with E-state index in [1.54, 1.807) is 0 Å². The first-order chi connectivity index (χ1) is 13.6. The molecule has 0 saturated carbocycles. The highest BCUT2D eigenvalue weighted by Crippen LogP contribution is 2.37. The molecule has 1 unspecified atom stereocenters. The predicted molar refractivity (Wildman–Crippen MR) is 114 cm³/mol. The van der Waals surface area contributed by atoms with Crippen molar-refractivity contribution in [1.82, 2.24) is 4.98 Å². The molecular formula is C24H28N2O2. The number of aryl methyl sites for hydroxylation is 1. The third-order valence-corrected chi connectivity index (χ3v) is 5.99. The number of para-hydroxylation sites is 1. The summed E-state index contributed by atoms with van der Waals surface area (Å²) in [4.78, 5) is 7.22. The number of piperidine rings is 1. The number of hydrogen-bond donors (Lipinski definition) is 2. The Morgan fingerprint density at radius 1 is 1.07 bits per heavy atom. The maximum absolute atomic E-state index is 10.3. The number of aliphatic hydroxyl groups is 2. The Bertz CT molecular complexity index is 957. The average molecular weight is 377 g/mol. The topological polar surface area (TPSA) is 56.6 Å². The molecule has 1 atom stereocenters. The fourth-order valence-corrected chi connectivity index (χ4v) is 4.52. The van der Waals surface area contributed by atoms with Crippen molar-refractivity contribution in [3.63, 3.8) is 0 Å². The molecule has 2 aromatic carbocycles. The first kappa shape index (κ1) is 18.9. The molecule has 146 valence electrons. The van der Waals surface area contributed by atoms with Crippen LogP contribution in [0.5, 0.6) is 0 Å². The van der Waals surface area contributed by atoms with Crippen LogP contribution in [0.3, 0.4) is 0 Å². The van der Waals surface area contributed by atoms with Crippen molar-refractivity contribution in [2.24, 2.45) is 5.41 Å². The minimum atomic E-state index is -0.186. The minimum Gasteiger partial charge on any atom is -0.396 e. The normalized spacial score (nSPS) is 19.9. The number of pyridine rings is 1. The maximum atomic E-state index is 10.3. The zero-order chi connectivity index (χ0) is 19.6. The lowest BCUT2D eigenvalue weighted by Crippen LogP contribution is -2.47. The van der Waals surface area contributed by atoms with Crippen molar-refractivity contribution in [3.8, 4) is 0 Å². The van der Waals surface area contributed by atoms with Gasteiger partial charge in [-0.25, -0.2) is 4.98 Å². The van der Waals surface area contributed by atoms with Crippen LogP contribution in [0.25, 0.3) is 10.9 Å². The molecule has 1 fully saturated rings. The molecule has 4 heteroatoms. The van der Waals surface area contributed by atoms with Gasteiger partial charge in [-0.3, -0.25) is 0 Å². The van der Waals surface area contributed by atoms with Gasteiger partial charge in [0.2, 0.25) is 0 Å². The highest BCUT2D eigenvalue weighted by Gasteiger charge is 2.36. The van der Waals surface area contributed by atoms with Crippen molar-refractivity contribution in [3.05, 3.63) is 71.3 Å². The molecule has 0 amide bonds. The summed E-state index contributed by atoms with van der Waals surface area (Å²) in [6.07, 6.45) is 2.85. The molecule has 0 radical (unpaired) electrons. The van der Waals surface area contributed by atoms with Crippen LogP contribution in [0.2, 0.25) is 0 Å². The summed E-state index contributed by atoms with van der Waals surface area (Å²) in [5, 5.41) is 21.4. The second kappa shape index (κ2) is 7.90. The molecule has 3 aromatic rings. The van der Waals surface area contributed by atoms with Crippen molar-refractivity contribution in [1.29, 1.82) is 0 Å². The number of anilines is 1. The average Bonchev–Trinajstić information content (AvgIpc) is 2.74. The van der Waals surface area contributed by atoms with E-state index < -0.39 is 0 Å². The Labute approximate surface area is 166 Å². The molecule has 1 aromatic heterocycles. The molecular weight excluding hydrogens is 348 g/mol. The van der Waals surface area contributed by atoms with Crippen LogP contribution in [-0.2, 0) is 13.0 Å². The lowest BCUT2D eigenvalue weighted by atomic mass is 9.75. The standard InChI is InChI=1S/C24H28N2O2/c1-18-7-5-10-20-13-21(15-27)23(25-22(18)20)26-12-6-11-24(16-26,17-28)14-19-8-3-2-4-9-19/h2-5,7-10,13,27-28H,6,11-12,14-17H2,1H3. The van der Waals surface area contributed by atoms with Crippen molar-refractivity contribution in [2.75, 3.05) is 24.6 Å². The predicted octanol–water partition coefficient (Wildman–Crippen LogP) is 3.86. The highest BCUT2D eigenvalue weighted by molar-refractivity contribution is 5.84. The van der Waals surface area contributed by atoms with Gasteiger partial charge in [0, 0.05) is 29.5 Å². The third kappa shape index (κ3) is 3.62. The van der Waals surface area contributed by atoms with E-state index in [0.717, 1.165) is 60.2 Å². The fourth-order valence-electron chi connectivity index (χ4n) is 4.52. The van der Waals surface area contributed by atoms with Crippen LogP contribution in [-0.4, -0.2) is 34.9 Å². The van der Waals surface area contributed by atoms with Gasteiger partial charge in [-0.2, -0.15) is 0 Å². The van der Waals surface area contributed by atoms with Crippen LogP contribution in [0, 0.1) is 12.3 Å². The van der Waals surface area contributed by atoms with E-state index in [1.807, 2.05) is 18.2 Å². The smallest absolute Gasteiger partial charge is 0.134 e. The number of hydrogen-bond acceptors (Lipinski definition) is 4. The summed E-state index contributed by atoms with van der Waals surface area (Å²) < 4.78 is 0. The Kier molecular flexibility index (Phi) is 5.33. The van der Waals surface area contributed by atoms with Gasteiger partial charge in [0.25, 0.3) is 0 Å². The number of fused-ring (bicyclic) bond motifs is 1. The zero-order valence-electron chi connectivity index (χ0n) is 16.4. The van der Waals surface area contributed by atoms with E-state index in [1.165, 1.54) is 5.56 Å². The SMILES string of the molecule is Cc1cccc2cc(CO)c(N3CCCC(CO)(Cc4ccccc4)C3)nc12. The van der Waals surface area contributed by atoms with Crippen LogP contribution < -0.4 is 4.90 Å². The molecule has 1 saturated heterocycles. The van der Waals surface area contributed by atoms with Crippen molar-refractivity contribution in [2.45, 2.75) is 32.8 Å². The monoisotopic (exact) mass is 376 g/mol. The summed E-state index contributed by atoms with van der Waals surface area (Å²) in [5.41, 5.74) is 4.04. The highest BCUT2D eigenvalue weighted by atomic mass is 16.3. The van der Waals surface area contributed by atoms with E-state index >= 15 is 0 Å². The Morgan fingerprint density at radius 2 is 1.89 bits per heavy atom. The summed E-state index contributed by atoms with van der Waals surface area (Å²) in [6, 6.07) is 18.6. The van der Waals surface area contributed by atoms with E-state index in [4.69, 9.17) is 4.98 Å². The first-order valence-corrected chi connectivity index (χ1v) is 10.0. The van der Waals surface area contributed by atoms with Gasteiger partial charge < -0.3 is 15.1 Å². The first-order valence-electron chi connectivity index (χ1n) is 10.0. The quantitative estimate of drug-likeness (QED) is 0.710. The summed E-state index contributed by atoms with van der Waals surface area (Å²) in [5.74, 6) is 0.856. The molecule has 0 spiro atoms. The van der Waals surface area contributed by atoms with Crippen LogP contribution in [0.4, 0.5) is 5.82 Å². The largest absolute Gasteiger partial charge is 0.396 e. The summed E-state index contributed by atoms with van der Waals surface area (Å²) >= 11 is 0. The molecule has 4 nitrogen and oxygen atoms in total. The zero-order valence-corrected chi connectivity index (χ0v) is 16.4. The summed E-state index contributed by atoms with van der Waals surface area (Å²) in [7, 11) is 0. The molecule has 1 aliphatic heterocycles. The van der Waals surface area contributed by atoms with Gasteiger partial charge in [-0.1, -0.05) is 48.5 Å². The molecule has 0 aliphatic carbocycles. The van der Waals surface area contributed by atoms with E-state index in [2.05, 4.69) is 48.2 Å². The number of rotatable bonds is 5. The van der Waals surface area contributed by atoms with Crippen LogP contribution in [0.15, 0.2) is 54.6 Å². The fraction of sp³-hybridized carbons (Fsp3) is 0.375. The van der Waals surface area contributed by atoms with Crippen molar-refractivity contribution >= 4 is 16.7 Å². The molecule has 1 aliphatic rings. The van der Waals surface area contributed by atoms with Gasteiger partial charge in [0.05, 0.1) is 18.7 Å². The van der Waals surface area contributed by atoms with Crippen LogP contribution >= 0.6 is 0 Å². The van der Waals surface area contributed by atoms with E-state index in [0.29, 0.717) is 0 Å².